The van der Waals surface area contributed by atoms with Gasteiger partial charge in [0.1, 0.15) is 0 Å². The van der Waals surface area contributed by atoms with E-state index in [1.165, 1.54) is 5.56 Å². The van der Waals surface area contributed by atoms with E-state index in [4.69, 9.17) is 0 Å². The molecule has 190 valence electrons. The first kappa shape index (κ1) is 23.0. The fourth-order valence-electron chi connectivity index (χ4n) is 6.90. The zero-order chi connectivity index (χ0) is 25.8. The van der Waals surface area contributed by atoms with Gasteiger partial charge in [0.15, 0.2) is 0 Å². The third kappa shape index (κ3) is 3.83. The van der Waals surface area contributed by atoms with Gasteiger partial charge in [-0.2, -0.15) is 5.01 Å². The molecule has 6 heteroatoms. The molecule has 0 spiro atoms. The van der Waals surface area contributed by atoms with Crippen molar-refractivity contribution >= 4 is 23.4 Å². The minimum absolute atomic E-state index is 0.135. The van der Waals surface area contributed by atoms with Crippen molar-refractivity contribution in [2.75, 3.05) is 4.90 Å². The molecule has 6 atom stereocenters. The molecule has 8 rings (SSSR count). The van der Waals surface area contributed by atoms with Gasteiger partial charge in [-0.15, -0.1) is 0 Å². The number of allylic oxidation sites excluding steroid dienone is 2. The first-order valence-corrected chi connectivity index (χ1v) is 13.4. The Morgan fingerprint density at radius 3 is 1.84 bits per heavy atom. The van der Waals surface area contributed by atoms with Crippen LogP contribution in [0.15, 0.2) is 97.1 Å². The Bertz CT molecular complexity index is 1380. The van der Waals surface area contributed by atoms with Crippen molar-refractivity contribution in [1.82, 2.24) is 10.4 Å². The molecular weight excluding hydrogens is 474 g/mol. The highest BCUT2D eigenvalue weighted by Crippen LogP contribution is 2.65. The van der Waals surface area contributed by atoms with Crippen LogP contribution in [0, 0.1) is 35.5 Å². The Hall–Kier alpha value is -4.19. The molecule has 4 aliphatic carbocycles. The highest BCUT2D eigenvalue weighted by atomic mass is 16.2. The summed E-state index contributed by atoms with van der Waals surface area (Å²) in [5, 5.41) is 1.00. The lowest BCUT2D eigenvalue weighted by molar-refractivity contribution is -0.143. The smallest absolute Gasteiger partial charge is 0.270 e. The van der Waals surface area contributed by atoms with Crippen LogP contribution in [0.25, 0.3) is 0 Å². The molecule has 0 radical (unpaired) electrons. The summed E-state index contributed by atoms with van der Waals surface area (Å²) in [5.74, 6) is -0.260. The number of carbonyl (C=O) groups is 3. The number of nitrogens with one attached hydrogen (secondary N) is 1. The van der Waals surface area contributed by atoms with Crippen LogP contribution in [-0.2, 0) is 22.7 Å². The summed E-state index contributed by atoms with van der Waals surface area (Å²) in [7, 11) is 0. The number of nitrogens with zero attached hydrogens (tertiary/aromatic N) is 2. The highest BCUT2D eigenvalue weighted by Gasteiger charge is 2.67. The lowest BCUT2D eigenvalue weighted by Gasteiger charge is -2.37. The van der Waals surface area contributed by atoms with E-state index in [0.29, 0.717) is 23.9 Å². The van der Waals surface area contributed by atoms with E-state index in [0.717, 1.165) is 29.2 Å². The Morgan fingerprint density at radius 1 is 0.737 bits per heavy atom. The van der Waals surface area contributed by atoms with Crippen LogP contribution in [0.1, 0.15) is 27.9 Å². The molecule has 2 bridgehead atoms. The molecule has 1 N–H and O–H groups in total. The molecule has 4 unspecified atom stereocenters. The standard InChI is InChI=1S/C32H29N3O3/c36-30(33-35-31(37)28-24-15-16-25(27-17-26(24)27)29(28)32(35)38)22-13-11-21(12-14-22)19-34(23-9-5-2-6-10-23)18-20-7-3-1-4-8-20/h1-16,24-29H,17-19H2,(H,33,36)/t24?,25?,26?,27?,28-,29+. The van der Waals surface area contributed by atoms with E-state index in [1.807, 2.05) is 48.5 Å². The minimum atomic E-state index is -0.438. The summed E-state index contributed by atoms with van der Waals surface area (Å²) < 4.78 is 0. The molecule has 1 aliphatic heterocycles. The summed E-state index contributed by atoms with van der Waals surface area (Å²) in [6.07, 6.45) is 5.37. The van der Waals surface area contributed by atoms with Crippen LogP contribution in [0.3, 0.4) is 0 Å². The first-order chi connectivity index (χ1) is 18.6. The zero-order valence-electron chi connectivity index (χ0n) is 20.9. The van der Waals surface area contributed by atoms with Crippen LogP contribution in [0.5, 0.6) is 0 Å². The van der Waals surface area contributed by atoms with Crippen molar-refractivity contribution in [2.24, 2.45) is 35.5 Å². The van der Waals surface area contributed by atoms with Crippen LogP contribution in [0.4, 0.5) is 5.69 Å². The van der Waals surface area contributed by atoms with Crippen LogP contribution < -0.4 is 10.3 Å². The molecule has 38 heavy (non-hydrogen) atoms. The number of hydrazine groups is 1. The topological polar surface area (TPSA) is 69.7 Å². The predicted octanol–water partition coefficient (Wildman–Crippen LogP) is 4.59. The third-order valence-electron chi connectivity index (χ3n) is 8.80. The Kier molecular flexibility index (Phi) is 5.43. The second-order valence-corrected chi connectivity index (χ2v) is 11.0. The summed E-state index contributed by atoms with van der Waals surface area (Å²) >= 11 is 0. The highest BCUT2D eigenvalue weighted by molar-refractivity contribution is 6.08. The van der Waals surface area contributed by atoms with Crippen LogP contribution in [0.2, 0.25) is 0 Å². The lowest BCUT2D eigenvalue weighted by Crippen LogP contribution is -2.46. The zero-order valence-corrected chi connectivity index (χ0v) is 20.9. The number of amides is 3. The van der Waals surface area contributed by atoms with Gasteiger partial charge >= 0.3 is 0 Å². The fourth-order valence-corrected chi connectivity index (χ4v) is 6.90. The monoisotopic (exact) mass is 503 g/mol. The number of imide groups is 1. The maximum atomic E-state index is 13.2. The summed E-state index contributed by atoms with van der Waals surface area (Å²) in [4.78, 5) is 41.7. The Morgan fingerprint density at radius 2 is 1.26 bits per heavy atom. The van der Waals surface area contributed by atoms with Gasteiger partial charge in [0, 0.05) is 24.3 Å². The van der Waals surface area contributed by atoms with E-state index < -0.39 is 5.91 Å². The quantitative estimate of drug-likeness (QED) is 0.378. The number of carbonyl (C=O) groups excluding carboxylic acids is 3. The van der Waals surface area contributed by atoms with Crippen molar-refractivity contribution in [3.63, 3.8) is 0 Å². The number of anilines is 1. The van der Waals surface area contributed by atoms with Crippen molar-refractivity contribution < 1.29 is 14.4 Å². The summed E-state index contributed by atoms with van der Waals surface area (Å²) in [5.41, 5.74) is 6.44. The minimum Gasteiger partial charge on any atom is -0.363 e. The van der Waals surface area contributed by atoms with Gasteiger partial charge in [-0.3, -0.25) is 19.8 Å². The predicted molar refractivity (Wildman–Crippen MR) is 143 cm³/mol. The second-order valence-electron chi connectivity index (χ2n) is 11.0. The van der Waals surface area contributed by atoms with E-state index in [1.54, 1.807) is 12.1 Å². The van der Waals surface area contributed by atoms with Crippen molar-refractivity contribution in [1.29, 1.82) is 0 Å². The molecule has 3 aromatic rings. The lowest BCUT2D eigenvalue weighted by atomic mass is 9.63. The van der Waals surface area contributed by atoms with Gasteiger partial charge in [0.25, 0.3) is 17.7 Å². The van der Waals surface area contributed by atoms with Gasteiger partial charge < -0.3 is 4.90 Å². The largest absolute Gasteiger partial charge is 0.363 e. The average molecular weight is 504 g/mol. The SMILES string of the molecule is O=C(NN1C(=O)[C@@H]2C3C=CC(C4CC43)[C@@H]2C1=O)c1ccc(CN(Cc2ccccc2)c2ccccc2)cc1. The van der Waals surface area contributed by atoms with Crippen LogP contribution in [-0.4, -0.2) is 22.7 Å². The van der Waals surface area contributed by atoms with E-state index in [9.17, 15) is 14.4 Å². The number of rotatable bonds is 7. The molecule has 3 amide bonds. The number of hydrogen-bond donors (Lipinski definition) is 1. The maximum Gasteiger partial charge on any atom is 0.270 e. The number of para-hydroxylation sites is 1. The van der Waals surface area contributed by atoms with Crippen molar-refractivity contribution in [3.8, 4) is 0 Å². The molecule has 6 nitrogen and oxygen atoms in total. The van der Waals surface area contributed by atoms with Crippen LogP contribution >= 0.6 is 0 Å². The van der Waals surface area contributed by atoms with Gasteiger partial charge in [-0.05, 0) is 65.5 Å². The van der Waals surface area contributed by atoms with Gasteiger partial charge in [0.2, 0.25) is 0 Å². The average Bonchev–Trinajstić information content (AvgIpc) is 3.75. The Balaban J connectivity index is 1.05. The number of benzene rings is 3. The second kappa shape index (κ2) is 8.98. The fraction of sp³-hybridized carbons (Fsp3) is 0.281. The van der Waals surface area contributed by atoms with Gasteiger partial charge in [-0.25, -0.2) is 0 Å². The Labute approximate surface area is 221 Å². The molecule has 0 aromatic heterocycles. The van der Waals surface area contributed by atoms with Crippen molar-refractivity contribution in [3.05, 3.63) is 114 Å². The molecule has 1 heterocycles. The van der Waals surface area contributed by atoms with Gasteiger partial charge in [-0.1, -0.05) is 72.8 Å². The van der Waals surface area contributed by atoms with E-state index in [2.05, 4.69) is 46.7 Å². The molecule has 1 saturated heterocycles. The molecule has 3 aromatic carbocycles. The molecular formula is C32H29N3O3. The maximum absolute atomic E-state index is 13.2. The van der Waals surface area contributed by atoms with Crippen molar-refractivity contribution in [2.45, 2.75) is 19.5 Å². The van der Waals surface area contributed by atoms with Gasteiger partial charge in [0.05, 0.1) is 11.8 Å². The molecule has 5 aliphatic rings. The van der Waals surface area contributed by atoms with E-state index >= 15 is 0 Å². The summed E-state index contributed by atoms with van der Waals surface area (Å²) in [6, 6.07) is 28.0. The molecule has 2 saturated carbocycles. The molecule has 3 fully saturated rings. The third-order valence-corrected chi connectivity index (χ3v) is 8.80. The normalized spacial score (nSPS) is 28.2. The number of hydrogen-bond acceptors (Lipinski definition) is 4. The van der Waals surface area contributed by atoms with E-state index in [-0.39, 0.29) is 35.5 Å². The summed E-state index contributed by atoms with van der Waals surface area (Å²) in [6.45, 7) is 1.43. The first-order valence-electron chi connectivity index (χ1n) is 13.4.